The number of carbonyl (C=O) groups excluding carboxylic acids is 1. The fourth-order valence-corrected chi connectivity index (χ4v) is 1.55. The second kappa shape index (κ2) is 4.66. The maximum Gasteiger partial charge on any atom is 0.286 e. The highest BCUT2D eigenvalue weighted by molar-refractivity contribution is 6.32. The lowest BCUT2D eigenvalue weighted by Gasteiger charge is -2.05. The Morgan fingerprint density at radius 2 is 2.06 bits per heavy atom. The van der Waals surface area contributed by atoms with E-state index in [-0.39, 0.29) is 22.1 Å². The lowest BCUT2D eigenvalue weighted by atomic mass is 10.1. The molecule has 0 aliphatic rings. The van der Waals surface area contributed by atoms with Crippen molar-refractivity contribution in [2.75, 3.05) is 0 Å². The zero-order chi connectivity index (χ0) is 13.3. The summed E-state index contributed by atoms with van der Waals surface area (Å²) < 4.78 is 26.4. The minimum absolute atomic E-state index is 0.0158. The van der Waals surface area contributed by atoms with Crippen LogP contribution in [-0.2, 0) is 0 Å². The van der Waals surface area contributed by atoms with Crippen molar-refractivity contribution >= 4 is 17.5 Å². The molecule has 1 heterocycles. The van der Waals surface area contributed by atoms with Gasteiger partial charge in [-0.1, -0.05) is 11.6 Å². The Labute approximate surface area is 105 Å². The molecule has 2 aromatic rings. The minimum Gasteiger partial charge on any atom is -0.363 e. The van der Waals surface area contributed by atoms with Crippen LogP contribution in [-0.4, -0.2) is 15.9 Å². The highest BCUT2D eigenvalue weighted by atomic mass is 35.5. The van der Waals surface area contributed by atoms with E-state index >= 15 is 0 Å². The first-order valence-corrected chi connectivity index (χ1v) is 5.14. The quantitative estimate of drug-likeness (QED) is 0.908. The van der Waals surface area contributed by atoms with Gasteiger partial charge < -0.3 is 5.73 Å². The first-order chi connectivity index (χ1) is 8.49. The molecule has 1 aromatic heterocycles. The predicted molar refractivity (Wildman–Crippen MR) is 60.9 cm³/mol. The first kappa shape index (κ1) is 12.4. The number of aromatic nitrogens is 2. The summed E-state index contributed by atoms with van der Waals surface area (Å²) in [6.07, 6.45) is 1.13. The van der Waals surface area contributed by atoms with Gasteiger partial charge in [0.05, 0.1) is 16.9 Å². The number of benzene rings is 1. The predicted octanol–water partition coefficient (Wildman–Crippen LogP) is 2.17. The highest BCUT2D eigenvalue weighted by Gasteiger charge is 2.15. The van der Waals surface area contributed by atoms with Crippen LogP contribution in [0.1, 0.15) is 10.6 Å². The standard InChI is InChI=1S/C11H6ClF2N3O/c12-7-4-16-11(10(15)18)17-9(7)6-2-1-5(13)3-8(6)14/h1-4H,(H2,15,18). The normalized spacial score (nSPS) is 10.4. The Balaban J connectivity index is 2.62. The maximum absolute atomic E-state index is 13.6. The van der Waals surface area contributed by atoms with Crippen molar-refractivity contribution in [1.82, 2.24) is 9.97 Å². The topological polar surface area (TPSA) is 68.9 Å². The van der Waals surface area contributed by atoms with Crippen LogP contribution in [0.2, 0.25) is 5.02 Å². The molecule has 0 unspecified atom stereocenters. The fourth-order valence-electron chi connectivity index (χ4n) is 1.36. The molecule has 2 N–H and O–H groups in total. The second-order valence-corrected chi connectivity index (χ2v) is 3.79. The van der Waals surface area contributed by atoms with E-state index in [2.05, 4.69) is 9.97 Å². The van der Waals surface area contributed by atoms with E-state index in [9.17, 15) is 13.6 Å². The van der Waals surface area contributed by atoms with Crippen LogP contribution in [0.5, 0.6) is 0 Å². The van der Waals surface area contributed by atoms with Gasteiger partial charge in [0, 0.05) is 11.6 Å². The summed E-state index contributed by atoms with van der Waals surface area (Å²) in [5.41, 5.74) is 4.96. The molecule has 0 saturated heterocycles. The Kier molecular flexibility index (Phi) is 3.20. The number of hydrogen-bond acceptors (Lipinski definition) is 3. The van der Waals surface area contributed by atoms with Crippen LogP contribution < -0.4 is 5.73 Å². The van der Waals surface area contributed by atoms with Crippen molar-refractivity contribution < 1.29 is 13.6 Å². The number of amides is 1. The molecule has 0 aliphatic heterocycles. The van der Waals surface area contributed by atoms with Gasteiger partial charge in [-0.2, -0.15) is 0 Å². The number of carbonyl (C=O) groups is 1. The summed E-state index contributed by atoms with van der Waals surface area (Å²) in [5, 5.41) is 0.0329. The zero-order valence-corrected chi connectivity index (χ0v) is 9.58. The summed E-state index contributed by atoms with van der Waals surface area (Å²) >= 11 is 5.81. The summed E-state index contributed by atoms with van der Waals surface area (Å²) in [7, 11) is 0. The number of hydrogen-bond donors (Lipinski definition) is 1. The van der Waals surface area contributed by atoms with Crippen LogP contribution >= 0.6 is 11.6 Å². The molecule has 18 heavy (non-hydrogen) atoms. The molecule has 0 saturated carbocycles. The van der Waals surface area contributed by atoms with Crippen LogP contribution in [0.25, 0.3) is 11.3 Å². The monoisotopic (exact) mass is 269 g/mol. The van der Waals surface area contributed by atoms with Gasteiger partial charge in [-0.05, 0) is 12.1 Å². The Bertz CT molecular complexity index is 634. The van der Waals surface area contributed by atoms with Crippen molar-refractivity contribution in [2.45, 2.75) is 0 Å². The largest absolute Gasteiger partial charge is 0.363 e. The first-order valence-electron chi connectivity index (χ1n) is 4.77. The van der Waals surface area contributed by atoms with Crippen molar-refractivity contribution in [3.63, 3.8) is 0 Å². The smallest absolute Gasteiger partial charge is 0.286 e. The molecule has 0 bridgehead atoms. The molecule has 4 nitrogen and oxygen atoms in total. The van der Waals surface area contributed by atoms with Gasteiger partial charge >= 0.3 is 0 Å². The number of rotatable bonds is 2. The van der Waals surface area contributed by atoms with Crippen LogP contribution in [0.3, 0.4) is 0 Å². The summed E-state index contributed by atoms with van der Waals surface area (Å²) in [5.74, 6) is -2.73. The number of nitrogens with zero attached hydrogens (tertiary/aromatic N) is 2. The van der Waals surface area contributed by atoms with Crippen LogP contribution in [0.15, 0.2) is 24.4 Å². The summed E-state index contributed by atoms with van der Waals surface area (Å²) in [6, 6.07) is 2.92. The number of primary amides is 1. The van der Waals surface area contributed by atoms with Gasteiger partial charge in [-0.25, -0.2) is 18.7 Å². The summed E-state index contributed by atoms with van der Waals surface area (Å²) in [4.78, 5) is 18.3. The zero-order valence-electron chi connectivity index (χ0n) is 8.82. The molecule has 92 valence electrons. The van der Waals surface area contributed by atoms with Crippen LogP contribution in [0, 0.1) is 11.6 Å². The van der Waals surface area contributed by atoms with E-state index < -0.39 is 17.5 Å². The van der Waals surface area contributed by atoms with Crippen molar-refractivity contribution in [1.29, 1.82) is 0 Å². The van der Waals surface area contributed by atoms with Crippen molar-refractivity contribution in [3.8, 4) is 11.3 Å². The second-order valence-electron chi connectivity index (χ2n) is 3.38. The van der Waals surface area contributed by atoms with Gasteiger partial charge in [0.25, 0.3) is 5.91 Å². The molecule has 0 radical (unpaired) electrons. The third-order valence-electron chi connectivity index (χ3n) is 2.15. The van der Waals surface area contributed by atoms with Gasteiger partial charge in [0.15, 0.2) is 0 Å². The van der Waals surface area contributed by atoms with Crippen molar-refractivity contribution in [2.24, 2.45) is 5.73 Å². The van der Waals surface area contributed by atoms with E-state index in [0.29, 0.717) is 6.07 Å². The maximum atomic E-state index is 13.6. The average molecular weight is 270 g/mol. The molecular formula is C11H6ClF2N3O. The van der Waals surface area contributed by atoms with Gasteiger partial charge in [-0.3, -0.25) is 4.79 Å². The van der Waals surface area contributed by atoms with E-state index in [1.54, 1.807) is 0 Å². The average Bonchev–Trinajstić information content (AvgIpc) is 2.30. The fraction of sp³-hybridized carbons (Fsp3) is 0. The third kappa shape index (κ3) is 2.28. The lowest BCUT2D eigenvalue weighted by molar-refractivity contribution is 0.0990. The molecule has 0 spiro atoms. The van der Waals surface area contributed by atoms with E-state index in [4.69, 9.17) is 17.3 Å². The summed E-state index contributed by atoms with van der Waals surface area (Å²) in [6.45, 7) is 0. The van der Waals surface area contributed by atoms with Gasteiger partial charge in [0.2, 0.25) is 5.82 Å². The molecule has 7 heteroatoms. The van der Waals surface area contributed by atoms with E-state index in [1.807, 2.05) is 0 Å². The SMILES string of the molecule is NC(=O)c1ncc(Cl)c(-c2ccc(F)cc2F)n1. The molecule has 1 amide bonds. The van der Waals surface area contributed by atoms with E-state index in [1.165, 1.54) is 6.07 Å². The highest BCUT2D eigenvalue weighted by Crippen LogP contribution is 2.27. The molecule has 2 rings (SSSR count). The van der Waals surface area contributed by atoms with Gasteiger partial charge in [-0.15, -0.1) is 0 Å². The van der Waals surface area contributed by atoms with Gasteiger partial charge in [0.1, 0.15) is 11.6 Å². The molecule has 0 atom stereocenters. The third-order valence-corrected chi connectivity index (χ3v) is 2.43. The number of halogens is 3. The van der Waals surface area contributed by atoms with Crippen LogP contribution in [0.4, 0.5) is 8.78 Å². The Morgan fingerprint density at radius 1 is 1.33 bits per heavy atom. The number of nitrogens with two attached hydrogens (primary N) is 1. The lowest BCUT2D eigenvalue weighted by Crippen LogP contribution is -2.15. The van der Waals surface area contributed by atoms with Crippen molar-refractivity contribution in [3.05, 3.63) is 46.9 Å². The molecule has 0 fully saturated rings. The minimum atomic E-state index is -0.865. The Morgan fingerprint density at radius 3 is 2.67 bits per heavy atom. The van der Waals surface area contributed by atoms with E-state index in [0.717, 1.165) is 12.3 Å². The molecule has 0 aliphatic carbocycles. The molecule has 1 aromatic carbocycles. The Hall–Kier alpha value is -2.08. The molecular weight excluding hydrogens is 264 g/mol.